The third-order valence-corrected chi connectivity index (χ3v) is 1.71. The first-order valence-electron chi connectivity index (χ1n) is 3.12. The van der Waals surface area contributed by atoms with Crippen LogP contribution in [0.15, 0.2) is 17.1 Å². The molecule has 0 amide bonds. The van der Waals surface area contributed by atoms with Crippen molar-refractivity contribution in [1.29, 1.82) is 0 Å². The molecule has 1 heterocycles. The van der Waals surface area contributed by atoms with Gasteiger partial charge in [-0.1, -0.05) is 11.6 Å². The molecule has 0 aromatic carbocycles. The fraction of sp³-hybridized carbons (Fsp3) is 0.143. The van der Waals surface area contributed by atoms with Gasteiger partial charge in [-0.2, -0.15) is 0 Å². The van der Waals surface area contributed by atoms with Crippen LogP contribution in [0, 0.1) is 0 Å². The monoisotopic (exact) mass is 187 g/mol. The van der Waals surface area contributed by atoms with Crippen LogP contribution < -0.4 is 5.56 Å². The van der Waals surface area contributed by atoms with Crippen LogP contribution in [0.1, 0.15) is 10.4 Å². The van der Waals surface area contributed by atoms with Crippen molar-refractivity contribution in [3.05, 3.63) is 33.2 Å². The summed E-state index contributed by atoms with van der Waals surface area (Å²) in [4.78, 5) is 21.4. The predicted octanol–water partition coefficient (Wildman–Crippen LogP) is 0.737. The second-order valence-electron chi connectivity index (χ2n) is 2.29. The Kier molecular flexibility index (Phi) is 2.19. The lowest BCUT2D eigenvalue weighted by Gasteiger charge is -2.00. The van der Waals surface area contributed by atoms with Gasteiger partial charge in [0.1, 0.15) is 0 Å². The van der Waals surface area contributed by atoms with Gasteiger partial charge in [0.25, 0.3) is 5.56 Å². The average Bonchev–Trinajstić information content (AvgIpc) is 1.96. The normalized spacial score (nSPS) is 9.83. The third kappa shape index (κ3) is 1.48. The van der Waals surface area contributed by atoms with Gasteiger partial charge in [-0.3, -0.25) is 4.79 Å². The number of aryl methyl sites for hydroxylation is 1. The standard InChI is InChI=1S/C7H6ClNO3/c1-9-3-5(8)4(7(11)12)2-6(9)10/h2-3H,1H3,(H,11,12). The zero-order valence-corrected chi connectivity index (χ0v) is 7.00. The molecule has 1 aromatic rings. The minimum Gasteiger partial charge on any atom is -0.478 e. The number of pyridine rings is 1. The van der Waals surface area contributed by atoms with Crippen molar-refractivity contribution in [2.75, 3.05) is 0 Å². The Balaban J connectivity index is 3.43. The number of hydrogen-bond acceptors (Lipinski definition) is 2. The van der Waals surface area contributed by atoms with E-state index in [9.17, 15) is 9.59 Å². The summed E-state index contributed by atoms with van der Waals surface area (Å²) >= 11 is 5.56. The van der Waals surface area contributed by atoms with Gasteiger partial charge in [0, 0.05) is 19.3 Å². The van der Waals surface area contributed by atoms with Gasteiger partial charge in [0.15, 0.2) is 0 Å². The van der Waals surface area contributed by atoms with Crippen molar-refractivity contribution < 1.29 is 9.90 Å². The van der Waals surface area contributed by atoms with Crippen LogP contribution in [0.3, 0.4) is 0 Å². The van der Waals surface area contributed by atoms with Crippen molar-refractivity contribution in [1.82, 2.24) is 4.57 Å². The number of carboxylic acid groups (broad SMARTS) is 1. The van der Waals surface area contributed by atoms with Gasteiger partial charge in [-0.25, -0.2) is 4.79 Å². The van der Waals surface area contributed by atoms with Crippen molar-refractivity contribution in [3.63, 3.8) is 0 Å². The fourth-order valence-electron chi connectivity index (χ4n) is 0.761. The molecule has 64 valence electrons. The van der Waals surface area contributed by atoms with E-state index in [4.69, 9.17) is 16.7 Å². The van der Waals surface area contributed by atoms with Crippen molar-refractivity contribution >= 4 is 17.6 Å². The fourth-order valence-corrected chi connectivity index (χ4v) is 1.04. The van der Waals surface area contributed by atoms with Crippen molar-refractivity contribution in [3.8, 4) is 0 Å². The molecule has 0 radical (unpaired) electrons. The molecule has 1 rings (SSSR count). The van der Waals surface area contributed by atoms with Gasteiger partial charge in [-0.15, -0.1) is 0 Å². The molecule has 1 N–H and O–H groups in total. The molecule has 5 heteroatoms. The van der Waals surface area contributed by atoms with E-state index in [1.165, 1.54) is 17.8 Å². The van der Waals surface area contributed by atoms with Gasteiger partial charge in [-0.05, 0) is 0 Å². The highest BCUT2D eigenvalue weighted by molar-refractivity contribution is 6.33. The Bertz CT molecular complexity index is 383. The topological polar surface area (TPSA) is 59.3 Å². The van der Waals surface area contributed by atoms with Gasteiger partial charge in [0.2, 0.25) is 0 Å². The lowest BCUT2D eigenvalue weighted by Crippen LogP contribution is -2.17. The number of nitrogens with zero attached hydrogens (tertiary/aromatic N) is 1. The third-order valence-electron chi connectivity index (χ3n) is 1.41. The van der Waals surface area contributed by atoms with E-state index in [1.54, 1.807) is 0 Å². The first kappa shape index (κ1) is 8.80. The Morgan fingerprint density at radius 1 is 1.67 bits per heavy atom. The van der Waals surface area contributed by atoms with Crippen LogP contribution in [0.5, 0.6) is 0 Å². The number of hydrogen-bond donors (Lipinski definition) is 1. The number of carboxylic acids is 1. The summed E-state index contributed by atoms with van der Waals surface area (Å²) in [5.41, 5.74) is -0.559. The first-order valence-corrected chi connectivity index (χ1v) is 3.49. The maximum absolute atomic E-state index is 10.9. The van der Waals surface area contributed by atoms with Crippen molar-refractivity contribution in [2.45, 2.75) is 0 Å². The highest BCUT2D eigenvalue weighted by atomic mass is 35.5. The van der Waals surface area contributed by atoms with Gasteiger partial charge >= 0.3 is 5.97 Å². The van der Waals surface area contributed by atoms with E-state index in [2.05, 4.69) is 0 Å². The summed E-state index contributed by atoms with van der Waals surface area (Å²) in [6.45, 7) is 0. The maximum Gasteiger partial charge on any atom is 0.337 e. The van der Waals surface area contributed by atoms with Crippen LogP contribution in [-0.2, 0) is 7.05 Å². The summed E-state index contributed by atoms with van der Waals surface area (Å²) in [7, 11) is 1.50. The summed E-state index contributed by atoms with van der Waals surface area (Å²) < 4.78 is 1.22. The predicted molar refractivity (Wildman–Crippen MR) is 43.7 cm³/mol. The smallest absolute Gasteiger partial charge is 0.337 e. The number of aromatic nitrogens is 1. The molecule has 4 nitrogen and oxygen atoms in total. The maximum atomic E-state index is 10.9. The highest BCUT2D eigenvalue weighted by Gasteiger charge is 2.09. The number of carbonyl (C=O) groups is 1. The van der Waals surface area contributed by atoms with E-state index in [0.717, 1.165) is 6.07 Å². The summed E-state index contributed by atoms with van der Waals surface area (Å²) in [5, 5.41) is 8.61. The SMILES string of the molecule is Cn1cc(Cl)c(C(=O)O)cc1=O. The number of halogens is 1. The van der Waals surface area contributed by atoms with E-state index in [-0.39, 0.29) is 10.6 Å². The lowest BCUT2D eigenvalue weighted by atomic mass is 10.3. The molecule has 0 aliphatic heterocycles. The number of aromatic carboxylic acids is 1. The Hall–Kier alpha value is -1.29. The minimum absolute atomic E-state index is 0.0598. The largest absolute Gasteiger partial charge is 0.478 e. The molecule has 12 heavy (non-hydrogen) atoms. The number of rotatable bonds is 1. The van der Waals surface area contributed by atoms with Crippen LogP contribution in [-0.4, -0.2) is 15.6 Å². The van der Waals surface area contributed by atoms with Gasteiger partial charge in [0.05, 0.1) is 10.6 Å². The second kappa shape index (κ2) is 2.98. The zero-order valence-electron chi connectivity index (χ0n) is 6.24. The van der Waals surface area contributed by atoms with Crippen LogP contribution in [0.2, 0.25) is 5.02 Å². The van der Waals surface area contributed by atoms with Crippen LogP contribution in [0.4, 0.5) is 0 Å². The highest BCUT2D eigenvalue weighted by Crippen LogP contribution is 2.11. The summed E-state index contributed by atoms with van der Waals surface area (Å²) in [5.74, 6) is -1.20. The first-order chi connectivity index (χ1) is 5.52. The second-order valence-corrected chi connectivity index (χ2v) is 2.70. The molecule has 0 saturated heterocycles. The van der Waals surface area contributed by atoms with E-state index in [0.29, 0.717) is 0 Å². The van der Waals surface area contributed by atoms with E-state index >= 15 is 0 Å². The van der Waals surface area contributed by atoms with Crippen molar-refractivity contribution in [2.24, 2.45) is 7.05 Å². The molecule has 1 aromatic heterocycles. The molecule has 0 bridgehead atoms. The summed E-state index contributed by atoms with van der Waals surface area (Å²) in [6.07, 6.45) is 1.27. The Morgan fingerprint density at radius 2 is 2.25 bits per heavy atom. The molecule has 0 unspecified atom stereocenters. The molecule has 0 aliphatic carbocycles. The Labute approximate surface area is 73.0 Å². The minimum atomic E-state index is -1.20. The molecular formula is C7H6ClNO3. The quantitative estimate of drug-likeness (QED) is 0.706. The molecule has 0 aliphatic rings. The van der Waals surface area contributed by atoms with Crippen LogP contribution in [0.25, 0.3) is 0 Å². The zero-order chi connectivity index (χ0) is 9.30. The molecule has 0 saturated carbocycles. The van der Waals surface area contributed by atoms with E-state index < -0.39 is 11.5 Å². The van der Waals surface area contributed by atoms with Gasteiger partial charge < -0.3 is 9.67 Å². The summed E-state index contributed by atoms with van der Waals surface area (Å²) in [6, 6.07) is 0.991. The average molecular weight is 188 g/mol. The molecule has 0 atom stereocenters. The lowest BCUT2D eigenvalue weighted by molar-refractivity contribution is 0.0696. The molecule has 0 fully saturated rings. The molecular weight excluding hydrogens is 182 g/mol. The Morgan fingerprint density at radius 3 is 2.75 bits per heavy atom. The van der Waals surface area contributed by atoms with E-state index in [1.807, 2.05) is 0 Å². The molecule has 0 spiro atoms. The van der Waals surface area contributed by atoms with Crippen LogP contribution >= 0.6 is 11.6 Å².